The Kier molecular flexibility index (Phi) is 4.66. The molecule has 0 aliphatic rings. The normalized spacial score (nSPS) is 12.5. The quantitative estimate of drug-likeness (QED) is 0.628. The summed E-state index contributed by atoms with van der Waals surface area (Å²) in [6.07, 6.45) is 0.465. The lowest BCUT2D eigenvalue weighted by atomic mass is 10.1. The topological polar surface area (TPSA) is 43.1 Å². The van der Waals surface area contributed by atoms with Gasteiger partial charge in [0.25, 0.3) is 0 Å². The van der Waals surface area contributed by atoms with Crippen LogP contribution in [0.15, 0.2) is 22.7 Å². The van der Waals surface area contributed by atoms with Crippen molar-refractivity contribution in [1.82, 2.24) is 0 Å². The Hall–Kier alpha value is 0.190. The summed E-state index contributed by atoms with van der Waals surface area (Å²) in [7, 11) is 0. The Morgan fingerprint density at radius 2 is 2.29 bits per heavy atom. The Morgan fingerprint density at radius 3 is 2.79 bits per heavy atom. The first-order valence-corrected chi connectivity index (χ1v) is 6.19. The molecule has 1 aromatic carbocycles. The SMILES string of the molecule is NC(=O)C(Cl)Cc1ccc(I)c(Br)c1. The van der Waals surface area contributed by atoms with E-state index >= 15 is 0 Å². The number of hydrogen-bond acceptors (Lipinski definition) is 1. The molecule has 0 aliphatic heterocycles. The molecule has 0 saturated carbocycles. The van der Waals surface area contributed by atoms with Gasteiger partial charge in [0.05, 0.1) is 0 Å². The average Bonchev–Trinajstić information content (AvgIpc) is 2.11. The third-order valence-corrected chi connectivity index (χ3v) is 4.42. The minimum absolute atomic E-state index is 0.465. The highest BCUT2D eigenvalue weighted by Gasteiger charge is 2.12. The second-order valence-corrected chi connectivity index (χ2v) is 5.37. The van der Waals surface area contributed by atoms with Gasteiger partial charge in [-0.15, -0.1) is 11.6 Å². The minimum Gasteiger partial charge on any atom is -0.368 e. The standard InChI is InChI=1S/C9H8BrClINO/c10-6-3-5(1-2-8(6)12)4-7(11)9(13)14/h1-3,7H,4H2,(H2,13,14). The number of primary amides is 1. The Balaban J connectivity index is 2.78. The van der Waals surface area contributed by atoms with Gasteiger partial charge in [-0.2, -0.15) is 0 Å². The van der Waals surface area contributed by atoms with Crippen LogP contribution < -0.4 is 5.73 Å². The average molecular weight is 388 g/mol. The monoisotopic (exact) mass is 387 g/mol. The number of benzene rings is 1. The molecule has 0 saturated heterocycles. The molecule has 0 aromatic heterocycles. The van der Waals surface area contributed by atoms with Crippen molar-refractivity contribution in [2.24, 2.45) is 5.73 Å². The predicted octanol–water partition coefficient (Wildman–Crippen LogP) is 2.69. The number of nitrogens with two attached hydrogens (primary N) is 1. The van der Waals surface area contributed by atoms with Gasteiger partial charge in [-0.25, -0.2) is 0 Å². The van der Waals surface area contributed by atoms with E-state index in [-0.39, 0.29) is 0 Å². The fraction of sp³-hybridized carbons (Fsp3) is 0.222. The fourth-order valence-corrected chi connectivity index (χ4v) is 1.91. The van der Waals surface area contributed by atoms with Crippen molar-refractivity contribution in [1.29, 1.82) is 0 Å². The van der Waals surface area contributed by atoms with Gasteiger partial charge < -0.3 is 5.73 Å². The van der Waals surface area contributed by atoms with Crippen LogP contribution in [0.25, 0.3) is 0 Å². The van der Waals surface area contributed by atoms with E-state index in [9.17, 15) is 4.79 Å². The zero-order valence-corrected chi connectivity index (χ0v) is 11.6. The van der Waals surface area contributed by atoms with Crippen LogP contribution in [0.3, 0.4) is 0 Å². The summed E-state index contributed by atoms with van der Waals surface area (Å²) in [6, 6.07) is 5.84. The van der Waals surface area contributed by atoms with Crippen LogP contribution in [-0.4, -0.2) is 11.3 Å². The number of halogens is 3. The lowest BCUT2D eigenvalue weighted by molar-refractivity contribution is -0.117. The van der Waals surface area contributed by atoms with Crippen molar-refractivity contribution in [3.05, 3.63) is 31.8 Å². The van der Waals surface area contributed by atoms with Gasteiger partial charge >= 0.3 is 0 Å². The second-order valence-electron chi connectivity index (χ2n) is 2.82. The van der Waals surface area contributed by atoms with Crippen LogP contribution in [0.4, 0.5) is 0 Å². The van der Waals surface area contributed by atoms with Crippen molar-refractivity contribution in [2.45, 2.75) is 11.8 Å². The summed E-state index contributed by atoms with van der Waals surface area (Å²) in [5.74, 6) is -0.485. The maximum Gasteiger partial charge on any atom is 0.235 e. The van der Waals surface area contributed by atoms with Crippen LogP contribution in [0.2, 0.25) is 0 Å². The molecule has 2 N–H and O–H groups in total. The van der Waals surface area contributed by atoms with Gasteiger partial charge in [0.1, 0.15) is 5.38 Å². The predicted molar refractivity (Wildman–Crippen MR) is 69.4 cm³/mol. The zero-order valence-electron chi connectivity index (χ0n) is 7.14. The first-order valence-electron chi connectivity index (χ1n) is 3.88. The van der Waals surface area contributed by atoms with E-state index in [4.69, 9.17) is 17.3 Å². The zero-order chi connectivity index (χ0) is 10.7. The van der Waals surface area contributed by atoms with Crippen LogP contribution in [0.1, 0.15) is 5.56 Å². The number of carbonyl (C=O) groups excluding carboxylic acids is 1. The first kappa shape index (κ1) is 12.3. The lowest BCUT2D eigenvalue weighted by Gasteiger charge is -2.06. The van der Waals surface area contributed by atoms with E-state index in [0.29, 0.717) is 6.42 Å². The number of rotatable bonds is 3. The van der Waals surface area contributed by atoms with Crippen molar-refractivity contribution in [3.63, 3.8) is 0 Å². The van der Waals surface area contributed by atoms with E-state index in [1.807, 2.05) is 18.2 Å². The van der Waals surface area contributed by atoms with E-state index in [1.54, 1.807) is 0 Å². The molecular formula is C9H8BrClINO. The smallest absolute Gasteiger partial charge is 0.235 e. The second kappa shape index (κ2) is 5.32. The number of carbonyl (C=O) groups is 1. The molecule has 0 fully saturated rings. The molecule has 1 amide bonds. The van der Waals surface area contributed by atoms with Gasteiger partial charge in [-0.3, -0.25) is 4.79 Å². The molecule has 76 valence electrons. The first-order chi connectivity index (χ1) is 6.50. The Morgan fingerprint density at radius 1 is 1.64 bits per heavy atom. The largest absolute Gasteiger partial charge is 0.368 e. The molecule has 0 bridgehead atoms. The Bertz CT molecular complexity index is 359. The highest BCUT2D eigenvalue weighted by molar-refractivity contribution is 14.1. The number of amides is 1. The molecule has 0 radical (unpaired) electrons. The number of alkyl halides is 1. The highest BCUT2D eigenvalue weighted by atomic mass is 127. The van der Waals surface area contributed by atoms with Gasteiger partial charge in [0.2, 0.25) is 5.91 Å². The van der Waals surface area contributed by atoms with Crippen LogP contribution in [0, 0.1) is 3.57 Å². The van der Waals surface area contributed by atoms with Crippen molar-refractivity contribution in [3.8, 4) is 0 Å². The number of hydrogen-bond donors (Lipinski definition) is 1. The van der Waals surface area contributed by atoms with Gasteiger partial charge in [-0.1, -0.05) is 6.07 Å². The molecule has 1 aromatic rings. The molecule has 5 heteroatoms. The van der Waals surface area contributed by atoms with Gasteiger partial charge in [-0.05, 0) is 62.6 Å². The summed E-state index contributed by atoms with van der Waals surface area (Å²) in [5, 5.41) is -0.637. The molecule has 0 heterocycles. The van der Waals surface area contributed by atoms with Crippen molar-refractivity contribution in [2.75, 3.05) is 0 Å². The molecule has 1 unspecified atom stereocenters. The molecule has 14 heavy (non-hydrogen) atoms. The van der Waals surface area contributed by atoms with E-state index in [0.717, 1.165) is 13.6 Å². The van der Waals surface area contributed by atoms with Crippen molar-refractivity contribution < 1.29 is 4.79 Å². The molecular weight excluding hydrogens is 380 g/mol. The van der Waals surface area contributed by atoms with E-state index in [1.165, 1.54) is 0 Å². The third kappa shape index (κ3) is 3.40. The maximum absolute atomic E-state index is 10.7. The van der Waals surface area contributed by atoms with Crippen molar-refractivity contribution >= 4 is 56.0 Å². The summed E-state index contributed by atoms with van der Waals surface area (Å²) >= 11 is 11.4. The van der Waals surface area contributed by atoms with Gasteiger partial charge in [0.15, 0.2) is 0 Å². The summed E-state index contributed by atoms with van der Waals surface area (Å²) in [6.45, 7) is 0. The fourth-order valence-electron chi connectivity index (χ4n) is 0.974. The van der Waals surface area contributed by atoms with Crippen LogP contribution >= 0.6 is 50.1 Å². The highest BCUT2D eigenvalue weighted by Crippen LogP contribution is 2.21. The van der Waals surface area contributed by atoms with Crippen LogP contribution in [0.5, 0.6) is 0 Å². The van der Waals surface area contributed by atoms with E-state index in [2.05, 4.69) is 38.5 Å². The maximum atomic E-state index is 10.7. The summed E-state index contributed by atoms with van der Waals surface area (Å²) in [5.41, 5.74) is 6.06. The summed E-state index contributed by atoms with van der Waals surface area (Å²) < 4.78 is 2.13. The van der Waals surface area contributed by atoms with E-state index < -0.39 is 11.3 Å². The van der Waals surface area contributed by atoms with Gasteiger partial charge in [0, 0.05) is 8.04 Å². The molecule has 2 nitrogen and oxygen atoms in total. The van der Waals surface area contributed by atoms with Crippen LogP contribution in [-0.2, 0) is 11.2 Å². The Labute approximate surface area is 109 Å². The minimum atomic E-state index is -0.637. The molecule has 1 atom stereocenters. The summed E-state index contributed by atoms with van der Waals surface area (Å²) in [4.78, 5) is 10.7. The molecule has 1 rings (SSSR count). The molecule has 0 spiro atoms. The lowest BCUT2D eigenvalue weighted by Crippen LogP contribution is -2.25. The third-order valence-electron chi connectivity index (χ3n) is 1.71. The molecule has 0 aliphatic carbocycles.